The Morgan fingerprint density at radius 2 is 1.71 bits per heavy atom. The molecule has 198 valence electrons. The molecule has 4 aromatic rings. The van der Waals surface area contributed by atoms with Crippen molar-refractivity contribution in [2.75, 3.05) is 11.9 Å². The number of fused-ring (bicyclic) bond motifs is 1. The van der Waals surface area contributed by atoms with Gasteiger partial charge in [-0.15, -0.1) is 0 Å². The van der Waals surface area contributed by atoms with E-state index < -0.39 is 29.6 Å². The predicted octanol–water partition coefficient (Wildman–Crippen LogP) is 4.99. The lowest BCUT2D eigenvalue weighted by Gasteiger charge is -2.18. The van der Waals surface area contributed by atoms with Gasteiger partial charge >= 0.3 is 5.97 Å². The highest BCUT2D eigenvalue weighted by atomic mass is 19.1. The summed E-state index contributed by atoms with van der Waals surface area (Å²) >= 11 is 0. The summed E-state index contributed by atoms with van der Waals surface area (Å²) in [6.45, 7) is 1.99. The Bertz CT molecular complexity index is 1570. The fourth-order valence-corrected chi connectivity index (χ4v) is 4.06. The number of aromatic nitrogens is 1. The zero-order valence-electron chi connectivity index (χ0n) is 20.6. The molecule has 0 aliphatic rings. The number of carbonyl (C=O) groups excluding carboxylic acids is 2. The minimum Gasteiger partial charge on any atom is -0.462 e. The Balaban J connectivity index is 0.00000420. The van der Waals surface area contributed by atoms with Gasteiger partial charge in [0.25, 0.3) is 0 Å². The van der Waals surface area contributed by atoms with Gasteiger partial charge in [-0.05, 0) is 55.5 Å². The summed E-state index contributed by atoms with van der Waals surface area (Å²) in [4.78, 5) is 37.3. The quantitative estimate of drug-likeness (QED) is 0.315. The van der Waals surface area contributed by atoms with Crippen LogP contribution in [0.2, 0.25) is 0 Å². The number of anilines is 1. The maximum absolute atomic E-state index is 14.5. The summed E-state index contributed by atoms with van der Waals surface area (Å²) in [6.07, 6.45) is 1.19. The fourth-order valence-electron chi connectivity index (χ4n) is 4.06. The third-order valence-corrected chi connectivity index (χ3v) is 5.76. The van der Waals surface area contributed by atoms with Crippen LogP contribution >= 0.6 is 0 Å². The van der Waals surface area contributed by atoms with Crippen molar-refractivity contribution in [2.24, 2.45) is 0 Å². The van der Waals surface area contributed by atoms with E-state index in [0.29, 0.717) is 11.4 Å². The van der Waals surface area contributed by atoms with Crippen molar-refractivity contribution < 1.29 is 34.4 Å². The number of nitrogens with one attached hydrogen (secondary N) is 1. The van der Waals surface area contributed by atoms with Gasteiger partial charge in [0.15, 0.2) is 0 Å². The van der Waals surface area contributed by atoms with E-state index in [1.54, 1.807) is 31.2 Å². The van der Waals surface area contributed by atoms with E-state index in [1.165, 1.54) is 35.9 Å². The number of carbonyl (C=O) groups is 2. The summed E-state index contributed by atoms with van der Waals surface area (Å²) in [7, 11) is 0. The Labute approximate surface area is 217 Å². The molecule has 0 fully saturated rings. The lowest BCUT2D eigenvalue weighted by molar-refractivity contribution is -0.114. The Morgan fingerprint density at radius 1 is 1.03 bits per heavy atom. The first-order valence-electron chi connectivity index (χ1n) is 11.7. The van der Waals surface area contributed by atoms with Gasteiger partial charge in [-0.2, -0.15) is 0 Å². The molecular weight excluding hydrogens is 498 g/mol. The van der Waals surface area contributed by atoms with Crippen molar-refractivity contribution in [3.05, 3.63) is 99.3 Å². The van der Waals surface area contributed by atoms with Gasteiger partial charge in [0.1, 0.15) is 28.7 Å². The molecule has 0 aliphatic heterocycles. The molecule has 0 radical (unpaired) electrons. The molecule has 10 heteroatoms. The molecule has 2 N–H and O–H groups in total. The van der Waals surface area contributed by atoms with Gasteiger partial charge in [0, 0.05) is 31.4 Å². The number of amides is 1. The summed E-state index contributed by atoms with van der Waals surface area (Å²) in [5.74, 6) is -2.25. The third kappa shape index (κ3) is 5.40. The number of esters is 1. The lowest BCUT2D eigenvalue weighted by Crippen LogP contribution is -2.22. The predicted molar refractivity (Wildman–Crippen MR) is 138 cm³/mol. The highest BCUT2D eigenvalue weighted by molar-refractivity contribution is 5.95. The van der Waals surface area contributed by atoms with Gasteiger partial charge in [-0.3, -0.25) is 9.59 Å². The number of nitrogens with zero attached hydrogens (tertiary/aromatic N) is 1. The van der Waals surface area contributed by atoms with Crippen LogP contribution in [0, 0.1) is 11.6 Å². The van der Waals surface area contributed by atoms with Crippen molar-refractivity contribution in [3.63, 3.8) is 0 Å². The minimum absolute atomic E-state index is 0. The average Bonchev–Trinajstić information content (AvgIpc) is 2.88. The standard InChI is InChI=1S/C28H24F2N2O6.H2/c1-3-37-28(36)20-14-32(13-19-22(29)5-4-6-23(19)30)24-11-12-25(21(15-33)26(24)27(20)35)38-18-9-7-17(8-10-18)31-16(2)34;/h4-12,14,33H,3,13,15H2,1-2H3,(H,31,34);1H. The topological polar surface area (TPSA) is 107 Å². The van der Waals surface area contributed by atoms with E-state index in [4.69, 9.17) is 9.47 Å². The van der Waals surface area contributed by atoms with E-state index in [2.05, 4.69) is 5.32 Å². The Kier molecular flexibility index (Phi) is 7.82. The number of hydrogen-bond acceptors (Lipinski definition) is 6. The minimum atomic E-state index is -0.911. The highest BCUT2D eigenvalue weighted by Gasteiger charge is 2.22. The highest BCUT2D eigenvalue weighted by Crippen LogP contribution is 2.32. The Morgan fingerprint density at radius 3 is 2.32 bits per heavy atom. The second-order valence-corrected chi connectivity index (χ2v) is 8.32. The average molecular weight is 525 g/mol. The second-order valence-electron chi connectivity index (χ2n) is 8.32. The maximum Gasteiger partial charge on any atom is 0.343 e. The zero-order valence-corrected chi connectivity index (χ0v) is 20.6. The molecule has 0 atom stereocenters. The maximum atomic E-state index is 14.5. The molecule has 0 aliphatic carbocycles. The zero-order chi connectivity index (χ0) is 27.4. The van der Waals surface area contributed by atoms with Crippen LogP contribution in [-0.2, 0) is 22.7 Å². The van der Waals surface area contributed by atoms with Crippen LogP contribution in [0.3, 0.4) is 0 Å². The molecular formula is C28H26F2N2O6. The van der Waals surface area contributed by atoms with Gasteiger partial charge in [0.2, 0.25) is 11.3 Å². The molecule has 0 unspecified atom stereocenters. The number of halogens is 2. The fraction of sp³-hybridized carbons (Fsp3) is 0.179. The number of aliphatic hydroxyl groups is 1. The van der Waals surface area contributed by atoms with Gasteiger partial charge in [-0.25, -0.2) is 13.6 Å². The van der Waals surface area contributed by atoms with E-state index in [9.17, 15) is 28.3 Å². The summed E-state index contributed by atoms with van der Waals surface area (Å²) in [5.41, 5.74) is -0.497. The van der Waals surface area contributed by atoms with Crippen LogP contribution in [-0.4, -0.2) is 28.2 Å². The molecule has 0 saturated carbocycles. The van der Waals surface area contributed by atoms with Gasteiger partial charge in [0.05, 0.1) is 30.7 Å². The summed E-state index contributed by atoms with van der Waals surface area (Å²) < 4.78 is 41.2. The monoisotopic (exact) mass is 524 g/mol. The first-order chi connectivity index (χ1) is 18.2. The molecule has 0 spiro atoms. The van der Waals surface area contributed by atoms with Crippen LogP contribution in [0.25, 0.3) is 10.9 Å². The molecule has 8 nitrogen and oxygen atoms in total. The number of benzene rings is 3. The van der Waals surface area contributed by atoms with Crippen molar-refractivity contribution in [2.45, 2.75) is 27.0 Å². The molecule has 1 aromatic heterocycles. The van der Waals surface area contributed by atoms with E-state index in [-0.39, 0.29) is 53.8 Å². The molecule has 3 aromatic carbocycles. The number of hydrogen-bond donors (Lipinski definition) is 2. The van der Waals surface area contributed by atoms with E-state index >= 15 is 0 Å². The SMILES string of the molecule is CCOC(=O)c1cn(Cc2c(F)cccc2F)c2ccc(Oc3ccc(NC(C)=O)cc3)c(CO)c2c1=O.[HH]. The number of aliphatic hydroxyl groups excluding tert-OH is 1. The van der Waals surface area contributed by atoms with E-state index in [1.807, 2.05) is 0 Å². The molecule has 1 amide bonds. The first-order valence-corrected chi connectivity index (χ1v) is 11.7. The summed E-state index contributed by atoms with van der Waals surface area (Å²) in [5, 5.41) is 12.8. The first kappa shape index (κ1) is 26.5. The summed E-state index contributed by atoms with van der Waals surface area (Å²) in [6, 6.07) is 12.9. The van der Waals surface area contributed by atoms with Crippen molar-refractivity contribution in [1.29, 1.82) is 0 Å². The Hall–Kier alpha value is -4.57. The largest absolute Gasteiger partial charge is 0.462 e. The van der Waals surface area contributed by atoms with Crippen molar-refractivity contribution in [1.82, 2.24) is 4.57 Å². The van der Waals surface area contributed by atoms with Crippen LogP contribution < -0.4 is 15.5 Å². The van der Waals surface area contributed by atoms with Gasteiger partial charge in [-0.1, -0.05) is 6.07 Å². The normalized spacial score (nSPS) is 10.9. The molecule has 38 heavy (non-hydrogen) atoms. The number of pyridine rings is 1. The van der Waals surface area contributed by atoms with Crippen molar-refractivity contribution >= 4 is 28.5 Å². The number of rotatable bonds is 8. The lowest BCUT2D eigenvalue weighted by atomic mass is 10.0. The smallest absolute Gasteiger partial charge is 0.343 e. The van der Waals surface area contributed by atoms with Crippen LogP contribution in [0.5, 0.6) is 11.5 Å². The van der Waals surface area contributed by atoms with E-state index in [0.717, 1.165) is 12.1 Å². The molecule has 4 rings (SSSR count). The van der Waals surface area contributed by atoms with Crippen molar-refractivity contribution in [3.8, 4) is 11.5 Å². The molecule has 0 bridgehead atoms. The van der Waals surface area contributed by atoms with Crippen LogP contribution in [0.1, 0.15) is 36.8 Å². The van der Waals surface area contributed by atoms with Crippen LogP contribution in [0.4, 0.5) is 14.5 Å². The number of ether oxygens (including phenoxy) is 2. The molecule has 1 heterocycles. The molecule has 0 saturated heterocycles. The third-order valence-electron chi connectivity index (χ3n) is 5.76. The van der Waals surface area contributed by atoms with Crippen LogP contribution in [0.15, 0.2) is 65.6 Å². The van der Waals surface area contributed by atoms with Gasteiger partial charge < -0.3 is 24.5 Å². The second kappa shape index (κ2) is 11.2.